The Kier molecular flexibility index (Phi) is 5.37. The molecule has 1 amide bonds. The van der Waals surface area contributed by atoms with Gasteiger partial charge in [0.2, 0.25) is 0 Å². The van der Waals surface area contributed by atoms with Crippen LogP contribution < -0.4 is 5.32 Å². The van der Waals surface area contributed by atoms with Crippen molar-refractivity contribution in [3.8, 4) is 0 Å². The third-order valence-corrected chi connectivity index (χ3v) is 5.77. The molecule has 142 valence electrons. The Morgan fingerprint density at radius 3 is 2.74 bits per heavy atom. The van der Waals surface area contributed by atoms with Gasteiger partial charge in [-0.1, -0.05) is 37.5 Å². The van der Waals surface area contributed by atoms with E-state index in [2.05, 4.69) is 10.3 Å². The lowest BCUT2D eigenvalue weighted by Crippen LogP contribution is -2.33. The number of carbonyl (C=O) groups is 2. The Morgan fingerprint density at radius 2 is 1.89 bits per heavy atom. The molecule has 0 unspecified atom stereocenters. The highest BCUT2D eigenvalue weighted by molar-refractivity contribution is 6.05. The number of ether oxygens (including phenoxy) is 1. The second kappa shape index (κ2) is 8.07. The highest BCUT2D eigenvalue weighted by Crippen LogP contribution is 2.30. The van der Waals surface area contributed by atoms with Crippen molar-refractivity contribution < 1.29 is 14.3 Å². The number of para-hydroxylation sites is 1. The highest BCUT2D eigenvalue weighted by Gasteiger charge is 2.25. The van der Waals surface area contributed by atoms with Crippen molar-refractivity contribution in [1.82, 2.24) is 10.3 Å². The number of rotatable bonds is 5. The van der Waals surface area contributed by atoms with Crippen molar-refractivity contribution in [2.45, 2.75) is 51.4 Å². The Balaban J connectivity index is 1.42. The van der Waals surface area contributed by atoms with E-state index >= 15 is 0 Å². The molecule has 4 rings (SSSR count). The molecule has 1 N–H and O–H groups in total. The number of hydrogen-bond acceptors (Lipinski definition) is 4. The topological polar surface area (TPSA) is 68.3 Å². The largest absolute Gasteiger partial charge is 0.452 e. The lowest BCUT2D eigenvalue weighted by molar-refractivity contribution is -0.124. The summed E-state index contributed by atoms with van der Waals surface area (Å²) in [7, 11) is 0. The van der Waals surface area contributed by atoms with Gasteiger partial charge >= 0.3 is 5.97 Å². The quantitative estimate of drug-likeness (QED) is 0.822. The Labute approximate surface area is 159 Å². The number of pyridine rings is 1. The van der Waals surface area contributed by atoms with Crippen LogP contribution in [0.1, 0.15) is 60.1 Å². The first-order valence-corrected chi connectivity index (χ1v) is 10.1. The molecule has 2 aliphatic carbocycles. The predicted molar refractivity (Wildman–Crippen MR) is 104 cm³/mol. The van der Waals surface area contributed by atoms with Gasteiger partial charge in [0.05, 0.1) is 11.1 Å². The summed E-state index contributed by atoms with van der Waals surface area (Å²) in [5, 5.41) is 3.73. The van der Waals surface area contributed by atoms with Crippen LogP contribution in [0.15, 0.2) is 24.3 Å². The molecule has 0 radical (unpaired) electrons. The van der Waals surface area contributed by atoms with Gasteiger partial charge in [0, 0.05) is 17.6 Å². The van der Waals surface area contributed by atoms with Crippen molar-refractivity contribution in [2.75, 3.05) is 13.2 Å². The number of benzene rings is 1. The van der Waals surface area contributed by atoms with E-state index in [9.17, 15) is 9.59 Å². The van der Waals surface area contributed by atoms with Crippen LogP contribution in [0, 0.1) is 5.92 Å². The molecular weight excluding hydrogens is 340 g/mol. The average molecular weight is 366 g/mol. The Bertz CT molecular complexity index is 856. The lowest BCUT2D eigenvalue weighted by Gasteiger charge is -2.21. The fourth-order valence-electron chi connectivity index (χ4n) is 4.35. The van der Waals surface area contributed by atoms with Gasteiger partial charge in [0.1, 0.15) is 0 Å². The summed E-state index contributed by atoms with van der Waals surface area (Å²) in [5.41, 5.74) is 3.38. The summed E-state index contributed by atoms with van der Waals surface area (Å²) in [6.45, 7) is 0.459. The van der Waals surface area contributed by atoms with E-state index in [0.29, 0.717) is 18.0 Å². The summed E-state index contributed by atoms with van der Waals surface area (Å²) in [5.74, 6) is -0.0747. The summed E-state index contributed by atoms with van der Waals surface area (Å²) in [4.78, 5) is 29.6. The van der Waals surface area contributed by atoms with Gasteiger partial charge in [-0.2, -0.15) is 0 Å². The number of carbonyl (C=O) groups excluding carboxylic acids is 2. The van der Waals surface area contributed by atoms with E-state index in [1.54, 1.807) is 0 Å². The van der Waals surface area contributed by atoms with Gasteiger partial charge < -0.3 is 10.1 Å². The van der Waals surface area contributed by atoms with Crippen LogP contribution >= 0.6 is 0 Å². The maximum Gasteiger partial charge on any atom is 0.339 e. The third-order valence-electron chi connectivity index (χ3n) is 5.77. The Hall–Kier alpha value is -2.43. The molecule has 1 aromatic carbocycles. The second-order valence-electron chi connectivity index (χ2n) is 7.67. The summed E-state index contributed by atoms with van der Waals surface area (Å²) >= 11 is 0. The van der Waals surface area contributed by atoms with Crippen molar-refractivity contribution in [2.24, 2.45) is 5.92 Å². The average Bonchev–Trinajstić information content (AvgIpc) is 3.17. The third kappa shape index (κ3) is 3.97. The lowest BCUT2D eigenvalue weighted by atomic mass is 9.89. The zero-order valence-corrected chi connectivity index (χ0v) is 15.6. The van der Waals surface area contributed by atoms with Crippen LogP contribution in [0.3, 0.4) is 0 Å². The number of aromatic nitrogens is 1. The zero-order valence-electron chi connectivity index (χ0n) is 15.6. The van der Waals surface area contributed by atoms with E-state index in [1.807, 2.05) is 24.3 Å². The molecule has 0 bridgehead atoms. The van der Waals surface area contributed by atoms with E-state index in [1.165, 1.54) is 32.1 Å². The van der Waals surface area contributed by atoms with Gasteiger partial charge in [-0.05, 0) is 49.7 Å². The molecule has 5 nitrogen and oxygen atoms in total. The summed E-state index contributed by atoms with van der Waals surface area (Å²) < 4.78 is 5.38. The molecule has 1 aromatic heterocycles. The van der Waals surface area contributed by atoms with Crippen molar-refractivity contribution in [3.05, 3.63) is 41.1 Å². The highest BCUT2D eigenvalue weighted by atomic mass is 16.5. The van der Waals surface area contributed by atoms with Gasteiger partial charge in [-0.3, -0.25) is 9.78 Å². The SMILES string of the molecule is O=C(COC(=O)c1c2c(nc3ccccc13)CCC2)NCC1CCCCC1. The molecule has 0 atom stereocenters. The van der Waals surface area contributed by atoms with Gasteiger partial charge in [-0.15, -0.1) is 0 Å². The van der Waals surface area contributed by atoms with Crippen LogP contribution in [-0.2, 0) is 22.4 Å². The van der Waals surface area contributed by atoms with Crippen LogP contribution in [-0.4, -0.2) is 30.0 Å². The first-order chi connectivity index (χ1) is 13.2. The van der Waals surface area contributed by atoms with E-state index in [-0.39, 0.29) is 12.5 Å². The van der Waals surface area contributed by atoms with Gasteiger partial charge in [0.25, 0.3) is 5.91 Å². The molecule has 0 saturated heterocycles. The smallest absolute Gasteiger partial charge is 0.339 e. The molecule has 5 heteroatoms. The minimum Gasteiger partial charge on any atom is -0.452 e. The normalized spacial score (nSPS) is 16.9. The van der Waals surface area contributed by atoms with Crippen LogP contribution in [0.5, 0.6) is 0 Å². The summed E-state index contributed by atoms with van der Waals surface area (Å²) in [6, 6.07) is 7.64. The van der Waals surface area contributed by atoms with E-state index < -0.39 is 5.97 Å². The number of nitrogens with one attached hydrogen (secondary N) is 1. The number of hydrogen-bond donors (Lipinski definition) is 1. The molecule has 0 spiro atoms. The van der Waals surface area contributed by atoms with Crippen molar-refractivity contribution in [1.29, 1.82) is 0 Å². The second-order valence-corrected chi connectivity index (χ2v) is 7.67. The number of amides is 1. The molecule has 27 heavy (non-hydrogen) atoms. The Morgan fingerprint density at radius 1 is 1.07 bits per heavy atom. The van der Waals surface area contributed by atoms with E-state index in [0.717, 1.165) is 41.4 Å². The number of fused-ring (bicyclic) bond motifs is 2. The summed E-state index contributed by atoms with van der Waals surface area (Å²) in [6.07, 6.45) is 8.87. The zero-order chi connectivity index (χ0) is 18.6. The molecule has 1 saturated carbocycles. The van der Waals surface area contributed by atoms with Crippen molar-refractivity contribution >= 4 is 22.8 Å². The fraction of sp³-hybridized carbons (Fsp3) is 0.500. The number of aryl methyl sites for hydroxylation is 1. The standard InChI is InChI=1S/C22H26N2O3/c25-20(23-13-15-7-2-1-3-8-15)14-27-22(26)21-16-9-4-5-11-18(16)24-19-12-6-10-17(19)21/h4-5,9,11,15H,1-3,6-8,10,12-14H2,(H,23,25). The maximum absolute atomic E-state index is 12.8. The first-order valence-electron chi connectivity index (χ1n) is 10.1. The molecule has 0 aliphatic heterocycles. The molecule has 1 heterocycles. The van der Waals surface area contributed by atoms with Crippen LogP contribution in [0.4, 0.5) is 0 Å². The molecule has 2 aromatic rings. The molecule has 2 aliphatic rings. The maximum atomic E-state index is 12.8. The van der Waals surface area contributed by atoms with Gasteiger partial charge in [0.15, 0.2) is 6.61 Å². The predicted octanol–water partition coefficient (Wildman–Crippen LogP) is 3.58. The van der Waals surface area contributed by atoms with Crippen molar-refractivity contribution in [3.63, 3.8) is 0 Å². The fourth-order valence-corrected chi connectivity index (χ4v) is 4.35. The monoisotopic (exact) mass is 366 g/mol. The molecule has 1 fully saturated rings. The molecular formula is C22H26N2O3. The minimum atomic E-state index is -0.417. The minimum absolute atomic E-state index is 0.219. The van der Waals surface area contributed by atoms with E-state index in [4.69, 9.17) is 4.74 Å². The first kappa shape index (κ1) is 18.0. The number of nitrogens with zero attached hydrogens (tertiary/aromatic N) is 1. The van der Waals surface area contributed by atoms with Crippen LogP contribution in [0.2, 0.25) is 0 Å². The van der Waals surface area contributed by atoms with Gasteiger partial charge in [-0.25, -0.2) is 4.79 Å². The van der Waals surface area contributed by atoms with Crippen LogP contribution in [0.25, 0.3) is 10.9 Å². The number of esters is 1.